The molecule has 0 N–H and O–H groups in total. The third kappa shape index (κ3) is 2.23. The number of nitrogens with zero attached hydrogens (tertiary/aromatic N) is 3. The van der Waals surface area contributed by atoms with E-state index in [1.165, 1.54) is 6.39 Å². The maximum absolute atomic E-state index is 12.4. The van der Waals surface area contributed by atoms with Crippen LogP contribution in [0.4, 0.5) is 0 Å². The second-order valence-corrected chi connectivity index (χ2v) is 4.84. The van der Waals surface area contributed by atoms with Crippen LogP contribution in [0.1, 0.15) is 34.1 Å². The highest BCUT2D eigenvalue weighted by Gasteiger charge is 2.30. The van der Waals surface area contributed by atoms with E-state index in [-0.39, 0.29) is 11.8 Å². The van der Waals surface area contributed by atoms with Crippen LogP contribution in [0.5, 0.6) is 0 Å². The first-order valence-electron chi connectivity index (χ1n) is 6.37. The van der Waals surface area contributed by atoms with E-state index in [1.54, 1.807) is 0 Å². The SMILES string of the molecule is Cc1ccccc1C(=O)N1CCC(c2ncon2)C1. The number of carbonyl (C=O) groups is 1. The standard InChI is InChI=1S/C14H15N3O2/c1-10-4-2-3-5-12(10)14(18)17-7-6-11(8-17)13-15-9-19-16-13/h2-5,9,11H,6-8H2,1H3. The number of carbonyl (C=O) groups excluding carboxylic acids is 1. The topological polar surface area (TPSA) is 59.2 Å². The molecule has 5 nitrogen and oxygen atoms in total. The summed E-state index contributed by atoms with van der Waals surface area (Å²) >= 11 is 0. The molecule has 0 spiro atoms. The van der Waals surface area contributed by atoms with Crippen LogP contribution in [0.2, 0.25) is 0 Å². The summed E-state index contributed by atoms with van der Waals surface area (Å²) < 4.78 is 4.76. The van der Waals surface area contributed by atoms with Gasteiger partial charge in [-0.1, -0.05) is 23.4 Å². The minimum atomic E-state index is 0.0871. The molecule has 98 valence electrons. The lowest BCUT2D eigenvalue weighted by atomic mass is 10.1. The summed E-state index contributed by atoms with van der Waals surface area (Å²) in [5.41, 5.74) is 1.78. The highest BCUT2D eigenvalue weighted by molar-refractivity contribution is 5.95. The zero-order chi connectivity index (χ0) is 13.2. The number of amides is 1. The minimum Gasteiger partial charge on any atom is -0.343 e. The molecule has 1 aromatic carbocycles. The molecule has 1 saturated heterocycles. The summed E-state index contributed by atoms with van der Waals surface area (Å²) in [6.45, 7) is 3.36. The van der Waals surface area contributed by atoms with Crippen LogP contribution in [0, 0.1) is 6.92 Å². The van der Waals surface area contributed by atoms with Gasteiger partial charge in [-0.15, -0.1) is 0 Å². The lowest BCUT2D eigenvalue weighted by molar-refractivity contribution is 0.0789. The molecule has 0 bridgehead atoms. The second kappa shape index (κ2) is 4.84. The van der Waals surface area contributed by atoms with Gasteiger partial charge in [0.15, 0.2) is 5.82 Å². The number of rotatable bonds is 2. The first-order valence-corrected chi connectivity index (χ1v) is 6.37. The normalized spacial score (nSPS) is 18.8. The predicted octanol–water partition coefficient (Wildman–Crippen LogP) is 2.01. The Bertz CT molecular complexity index is 580. The van der Waals surface area contributed by atoms with Crippen molar-refractivity contribution in [3.63, 3.8) is 0 Å². The van der Waals surface area contributed by atoms with Gasteiger partial charge in [0, 0.05) is 24.6 Å². The Morgan fingerprint density at radius 3 is 3.00 bits per heavy atom. The zero-order valence-corrected chi connectivity index (χ0v) is 10.7. The summed E-state index contributed by atoms with van der Waals surface area (Å²) in [6.07, 6.45) is 2.22. The van der Waals surface area contributed by atoms with Crippen LogP contribution in [0.3, 0.4) is 0 Å². The number of hydrogen-bond acceptors (Lipinski definition) is 4. The molecule has 0 radical (unpaired) electrons. The number of hydrogen-bond donors (Lipinski definition) is 0. The average molecular weight is 257 g/mol. The van der Waals surface area contributed by atoms with Gasteiger partial charge in [-0.2, -0.15) is 4.98 Å². The number of benzene rings is 1. The van der Waals surface area contributed by atoms with E-state index in [1.807, 2.05) is 36.1 Å². The van der Waals surface area contributed by atoms with Gasteiger partial charge in [-0.25, -0.2) is 0 Å². The van der Waals surface area contributed by atoms with E-state index in [4.69, 9.17) is 4.52 Å². The van der Waals surface area contributed by atoms with Crippen molar-refractivity contribution in [3.05, 3.63) is 47.6 Å². The molecule has 5 heteroatoms. The Balaban J connectivity index is 1.75. The van der Waals surface area contributed by atoms with Gasteiger partial charge < -0.3 is 9.42 Å². The van der Waals surface area contributed by atoms with Crippen molar-refractivity contribution in [1.29, 1.82) is 0 Å². The second-order valence-electron chi connectivity index (χ2n) is 4.84. The molecule has 1 amide bonds. The molecule has 2 heterocycles. The van der Waals surface area contributed by atoms with Crippen molar-refractivity contribution >= 4 is 5.91 Å². The van der Waals surface area contributed by atoms with Crippen molar-refractivity contribution in [2.24, 2.45) is 0 Å². The number of aromatic nitrogens is 2. The molecule has 1 aliphatic rings. The summed E-state index contributed by atoms with van der Waals surface area (Å²) in [5.74, 6) is 0.968. The fourth-order valence-electron chi connectivity index (χ4n) is 2.50. The summed E-state index contributed by atoms with van der Waals surface area (Å²) in [5, 5.41) is 3.86. The molecule has 1 aliphatic heterocycles. The Kier molecular flexibility index (Phi) is 3.03. The van der Waals surface area contributed by atoms with Gasteiger partial charge in [-0.05, 0) is 25.0 Å². The molecule has 1 atom stereocenters. The Hall–Kier alpha value is -2.17. The van der Waals surface area contributed by atoms with Gasteiger partial charge in [0.1, 0.15) is 0 Å². The Labute approximate surface area is 111 Å². The molecule has 1 fully saturated rings. The maximum Gasteiger partial charge on any atom is 0.254 e. The molecular weight excluding hydrogens is 242 g/mol. The highest BCUT2D eigenvalue weighted by atomic mass is 16.5. The summed E-state index contributed by atoms with van der Waals surface area (Å²) in [6, 6.07) is 7.67. The third-order valence-electron chi connectivity index (χ3n) is 3.59. The summed E-state index contributed by atoms with van der Waals surface area (Å²) in [7, 11) is 0. The van der Waals surface area contributed by atoms with Crippen LogP contribution >= 0.6 is 0 Å². The predicted molar refractivity (Wildman–Crippen MR) is 68.7 cm³/mol. The quantitative estimate of drug-likeness (QED) is 0.825. The van der Waals surface area contributed by atoms with Crippen molar-refractivity contribution in [1.82, 2.24) is 15.0 Å². The van der Waals surface area contributed by atoms with Crippen molar-refractivity contribution < 1.29 is 9.32 Å². The first kappa shape index (κ1) is 11.9. The van der Waals surface area contributed by atoms with Gasteiger partial charge in [0.2, 0.25) is 6.39 Å². The zero-order valence-electron chi connectivity index (χ0n) is 10.7. The van der Waals surface area contributed by atoms with E-state index in [9.17, 15) is 4.79 Å². The number of aryl methyl sites for hydroxylation is 1. The molecule has 0 aliphatic carbocycles. The van der Waals surface area contributed by atoms with E-state index < -0.39 is 0 Å². The van der Waals surface area contributed by atoms with Gasteiger partial charge in [0.25, 0.3) is 5.91 Å². The van der Waals surface area contributed by atoms with E-state index in [0.29, 0.717) is 12.4 Å². The van der Waals surface area contributed by atoms with Gasteiger partial charge in [0.05, 0.1) is 0 Å². The van der Waals surface area contributed by atoms with Crippen molar-refractivity contribution in [2.75, 3.05) is 13.1 Å². The number of likely N-dealkylation sites (tertiary alicyclic amines) is 1. The Morgan fingerprint density at radius 1 is 1.42 bits per heavy atom. The smallest absolute Gasteiger partial charge is 0.254 e. The average Bonchev–Trinajstić information content (AvgIpc) is 3.09. The van der Waals surface area contributed by atoms with Gasteiger partial charge >= 0.3 is 0 Å². The first-order chi connectivity index (χ1) is 9.25. The largest absolute Gasteiger partial charge is 0.343 e. The van der Waals surface area contributed by atoms with Crippen LogP contribution in [0.25, 0.3) is 0 Å². The molecular formula is C14H15N3O2. The molecule has 3 rings (SSSR count). The van der Waals surface area contributed by atoms with Crippen molar-refractivity contribution in [3.8, 4) is 0 Å². The van der Waals surface area contributed by atoms with Crippen LogP contribution in [0.15, 0.2) is 35.2 Å². The lowest BCUT2D eigenvalue weighted by Gasteiger charge is -2.17. The minimum absolute atomic E-state index is 0.0871. The molecule has 2 aromatic rings. The van der Waals surface area contributed by atoms with Crippen LogP contribution < -0.4 is 0 Å². The van der Waals surface area contributed by atoms with E-state index in [0.717, 1.165) is 24.1 Å². The maximum atomic E-state index is 12.4. The van der Waals surface area contributed by atoms with E-state index in [2.05, 4.69) is 10.1 Å². The van der Waals surface area contributed by atoms with Crippen molar-refractivity contribution in [2.45, 2.75) is 19.3 Å². The molecule has 19 heavy (non-hydrogen) atoms. The van der Waals surface area contributed by atoms with Crippen LogP contribution in [-0.2, 0) is 0 Å². The Morgan fingerprint density at radius 2 is 2.26 bits per heavy atom. The molecule has 1 unspecified atom stereocenters. The van der Waals surface area contributed by atoms with E-state index >= 15 is 0 Å². The molecule has 1 aromatic heterocycles. The molecule has 0 saturated carbocycles. The lowest BCUT2D eigenvalue weighted by Crippen LogP contribution is -2.29. The monoisotopic (exact) mass is 257 g/mol. The van der Waals surface area contributed by atoms with Gasteiger partial charge in [-0.3, -0.25) is 4.79 Å². The highest BCUT2D eigenvalue weighted by Crippen LogP contribution is 2.26. The third-order valence-corrected chi connectivity index (χ3v) is 3.59. The fraction of sp³-hybridized carbons (Fsp3) is 0.357. The summed E-state index contributed by atoms with van der Waals surface area (Å²) in [4.78, 5) is 18.4. The van der Waals surface area contributed by atoms with Crippen LogP contribution in [-0.4, -0.2) is 34.0 Å². The fourth-order valence-corrected chi connectivity index (χ4v) is 2.50.